The number of carbonyl (C=O) groups excluding carboxylic acids is 3. The van der Waals surface area contributed by atoms with Crippen LogP contribution in [0.1, 0.15) is 12.5 Å². The van der Waals surface area contributed by atoms with Crippen LogP contribution in [0.2, 0.25) is 0 Å². The molecule has 0 aliphatic heterocycles. The third kappa shape index (κ3) is 5.81. The van der Waals surface area contributed by atoms with Gasteiger partial charge >= 0.3 is 5.97 Å². The van der Waals surface area contributed by atoms with Crippen LogP contribution in [0.5, 0.6) is 0 Å². The molecule has 2 rings (SSSR count). The van der Waals surface area contributed by atoms with Gasteiger partial charge in [-0.3, -0.25) is 19.2 Å². The van der Waals surface area contributed by atoms with Gasteiger partial charge in [0.2, 0.25) is 17.7 Å². The summed E-state index contributed by atoms with van der Waals surface area (Å²) in [4.78, 5) is 49.1. The van der Waals surface area contributed by atoms with E-state index in [4.69, 9.17) is 10.8 Å². The van der Waals surface area contributed by atoms with Gasteiger partial charge in [-0.2, -0.15) is 0 Å². The highest BCUT2D eigenvalue weighted by Crippen LogP contribution is 2.18. The fraction of sp³-hybridized carbons (Fsp3) is 0.333. The number of fused-ring (bicyclic) bond motifs is 1. The number of aromatic amines is 1. The molecule has 3 amide bonds. The SMILES string of the molecule is C[C@H](NC(=O)[C@@H](N)Cc1c[nH]c2ccccc12)C(=O)NCC(=O)NCC(=O)O. The number of aromatic nitrogens is 1. The lowest BCUT2D eigenvalue weighted by Crippen LogP contribution is -2.52. The lowest BCUT2D eigenvalue weighted by atomic mass is 10.0. The van der Waals surface area contributed by atoms with Gasteiger partial charge in [-0.05, 0) is 25.0 Å². The highest BCUT2D eigenvalue weighted by molar-refractivity contribution is 5.92. The number of rotatable bonds is 9. The Hall–Kier alpha value is -3.40. The minimum absolute atomic E-state index is 0.293. The third-order valence-electron chi connectivity index (χ3n) is 4.06. The smallest absolute Gasteiger partial charge is 0.322 e. The Morgan fingerprint density at radius 2 is 1.82 bits per heavy atom. The predicted octanol–water partition coefficient (Wildman–Crippen LogP) is -1.14. The van der Waals surface area contributed by atoms with E-state index < -0.39 is 48.9 Å². The molecule has 10 nitrogen and oxygen atoms in total. The Morgan fingerprint density at radius 3 is 2.54 bits per heavy atom. The summed E-state index contributed by atoms with van der Waals surface area (Å²) >= 11 is 0. The summed E-state index contributed by atoms with van der Waals surface area (Å²) in [7, 11) is 0. The van der Waals surface area contributed by atoms with Crippen molar-refractivity contribution in [1.29, 1.82) is 0 Å². The topological polar surface area (TPSA) is 166 Å². The predicted molar refractivity (Wildman–Crippen MR) is 101 cm³/mol. The number of H-pyrrole nitrogens is 1. The van der Waals surface area contributed by atoms with E-state index in [1.165, 1.54) is 6.92 Å². The molecule has 28 heavy (non-hydrogen) atoms. The number of nitrogens with one attached hydrogen (secondary N) is 4. The van der Waals surface area contributed by atoms with Gasteiger partial charge in [-0.25, -0.2) is 0 Å². The zero-order valence-corrected chi connectivity index (χ0v) is 15.3. The molecule has 0 saturated carbocycles. The number of hydrogen-bond donors (Lipinski definition) is 6. The van der Waals surface area contributed by atoms with E-state index in [0.717, 1.165) is 16.5 Å². The first kappa shape index (κ1) is 20.9. The van der Waals surface area contributed by atoms with Crippen LogP contribution in [0.4, 0.5) is 0 Å². The first-order valence-electron chi connectivity index (χ1n) is 8.65. The maximum absolute atomic E-state index is 12.3. The van der Waals surface area contributed by atoms with Crippen LogP contribution in [0.15, 0.2) is 30.5 Å². The quantitative estimate of drug-likeness (QED) is 0.317. The molecule has 0 unspecified atom stereocenters. The molecule has 1 aromatic carbocycles. The summed E-state index contributed by atoms with van der Waals surface area (Å²) in [6.07, 6.45) is 2.09. The van der Waals surface area contributed by atoms with Crippen LogP contribution in [0, 0.1) is 0 Å². The fourth-order valence-electron chi connectivity index (χ4n) is 2.57. The van der Waals surface area contributed by atoms with E-state index >= 15 is 0 Å². The molecule has 0 radical (unpaired) electrons. The molecule has 2 atom stereocenters. The van der Waals surface area contributed by atoms with Crippen LogP contribution in [-0.2, 0) is 25.6 Å². The van der Waals surface area contributed by atoms with E-state index in [1.54, 1.807) is 6.20 Å². The number of carboxylic acid groups (broad SMARTS) is 1. The van der Waals surface area contributed by atoms with Crippen LogP contribution in [-0.4, -0.2) is 59.0 Å². The number of benzene rings is 1. The maximum Gasteiger partial charge on any atom is 0.322 e. The zero-order valence-electron chi connectivity index (χ0n) is 15.3. The van der Waals surface area contributed by atoms with Crippen molar-refractivity contribution in [3.63, 3.8) is 0 Å². The Morgan fingerprint density at radius 1 is 1.11 bits per heavy atom. The largest absolute Gasteiger partial charge is 0.480 e. The Balaban J connectivity index is 1.81. The molecule has 7 N–H and O–H groups in total. The number of para-hydroxylation sites is 1. The maximum atomic E-state index is 12.3. The summed E-state index contributed by atoms with van der Waals surface area (Å²) in [5.41, 5.74) is 7.80. The normalized spacial score (nSPS) is 12.8. The highest BCUT2D eigenvalue weighted by atomic mass is 16.4. The molecule has 0 saturated heterocycles. The second-order valence-electron chi connectivity index (χ2n) is 6.29. The third-order valence-corrected chi connectivity index (χ3v) is 4.06. The van der Waals surface area contributed by atoms with Crippen molar-refractivity contribution in [3.8, 4) is 0 Å². The van der Waals surface area contributed by atoms with E-state index in [-0.39, 0.29) is 0 Å². The number of carbonyl (C=O) groups is 4. The van der Waals surface area contributed by atoms with Crippen LogP contribution in [0.25, 0.3) is 10.9 Å². The molecule has 0 fully saturated rings. The number of amides is 3. The summed E-state index contributed by atoms with van der Waals surface area (Å²) in [5.74, 6) is -2.92. The summed E-state index contributed by atoms with van der Waals surface area (Å²) in [5, 5.41) is 16.4. The number of carboxylic acids is 1. The summed E-state index contributed by atoms with van der Waals surface area (Å²) < 4.78 is 0. The molecule has 0 aliphatic rings. The second-order valence-corrected chi connectivity index (χ2v) is 6.29. The highest BCUT2D eigenvalue weighted by Gasteiger charge is 2.21. The van der Waals surface area contributed by atoms with Gasteiger partial charge in [0, 0.05) is 17.1 Å². The van der Waals surface area contributed by atoms with E-state index in [0.29, 0.717) is 6.42 Å². The molecule has 2 aromatic rings. The second kappa shape index (κ2) is 9.51. The summed E-state index contributed by atoms with van der Waals surface area (Å²) in [6.45, 7) is 0.526. The van der Waals surface area contributed by atoms with E-state index in [9.17, 15) is 19.2 Å². The van der Waals surface area contributed by atoms with Crippen LogP contribution in [0.3, 0.4) is 0 Å². The number of nitrogens with two attached hydrogens (primary N) is 1. The van der Waals surface area contributed by atoms with Gasteiger partial charge in [-0.15, -0.1) is 0 Å². The van der Waals surface area contributed by atoms with Crippen molar-refractivity contribution < 1.29 is 24.3 Å². The molecule has 1 heterocycles. The van der Waals surface area contributed by atoms with Crippen LogP contribution >= 0.6 is 0 Å². The zero-order chi connectivity index (χ0) is 20.7. The minimum Gasteiger partial charge on any atom is -0.480 e. The van der Waals surface area contributed by atoms with Crippen LogP contribution < -0.4 is 21.7 Å². The van der Waals surface area contributed by atoms with Gasteiger partial charge < -0.3 is 31.8 Å². The standard InChI is InChI=1S/C18H23N5O5/c1-10(17(27)22-8-15(24)21-9-16(25)26)23-18(28)13(19)6-11-7-20-14-5-3-2-4-12(11)14/h2-5,7,10,13,20H,6,8-9,19H2,1H3,(H,21,24)(H,22,27)(H,23,28)(H,25,26)/t10-,13-/m0/s1. The molecule has 10 heteroatoms. The first-order valence-corrected chi connectivity index (χ1v) is 8.65. The Kier molecular flexibility index (Phi) is 7.10. The van der Waals surface area contributed by atoms with Crippen molar-refractivity contribution in [2.45, 2.75) is 25.4 Å². The van der Waals surface area contributed by atoms with Gasteiger partial charge in [-0.1, -0.05) is 18.2 Å². The number of hydrogen-bond acceptors (Lipinski definition) is 5. The van der Waals surface area contributed by atoms with Crippen molar-refractivity contribution in [2.75, 3.05) is 13.1 Å². The van der Waals surface area contributed by atoms with E-state index in [2.05, 4.69) is 20.9 Å². The van der Waals surface area contributed by atoms with Gasteiger partial charge in [0.05, 0.1) is 12.6 Å². The van der Waals surface area contributed by atoms with Crippen molar-refractivity contribution >= 4 is 34.6 Å². The van der Waals surface area contributed by atoms with Crippen molar-refractivity contribution in [3.05, 3.63) is 36.0 Å². The van der Waals surface area contributed by atoms with E-state index in [1.807, 2.05) is 24.3 Å². The molecule has 0 bridgehead atoms. The minimum atomic E-state index is -1.19. The van der Waals surface area contributed by atoms with Gasteiger partial charge in [0.25, 0.3) is 0 Å². The summed E-state index contributed by atoms with van der Waals surface area (Å²) in [6, 6.07) is 5.88. The van der Waals surface area contributed by atoms with Gasteiger partial charge in [0.15, 0.2) is 0 Å². The monoisotopic (exact) mass is 389 g/mol. The Bertz CT molecular complexity index is 878. The van der Waals surface area contributed by atoms with Gasteiger partial charge in [0.1, 0.15) is 12.6 Å². The lowest BCUT2D eigenvalue weighted by Gasteiger charge is -2.17. The number of aliphatic carboxylic acids is 1. The molecule has 150 valence electrons. The lowest BCUT2D eigenvalue weighted by molar-refractivity contribution is -0.138. The molecule has 0 spiro atoms. The van der Waals surface area contributed by atoms with Crippen molar-refractivity contribution in [1.82, 2.24) is 20.9 Å². The Labute approximate surface area is 160 Å². The molecular formula is C18H23N5O5. The van der Waals surface area contributed by atoms with Crippen molar-refractivity contribution in [2.24, 2.45) is 5.73 Å². The fourth-order valence-corrected chi connectivity index (χ4v) is 2.57. The molecular weight excluding hydrogens is 366 g/mol. The average Bonchev–Trinajstić information content (AvgIpc) is 3.07. The molecule has 0 aliphatic carbocycles. The average molecular weight is 389 g/mol. The molecule has 1 aromatic heterocycles. The first-order chi connectivity index (χ1) is 13.3.